The van der Waals surface area contributed by atoms with Crippen LogP contribution in [-0.4, -0.2) is 72.5 Å². The first-order valence-corrected chi connectivity index (χ1v) is 6.97. The molecule has 0 aromatic heterocycles. The molecule has 0 aliphatic carbocycles. The molecule has 0 aromatic carbocycles. The zero-order valence-electron chi connectivity index (χ0n) is 12.9. The van der Waals surface area contributed by atoms with Crippen LogP contribution in [-0.2, 0) is 0 Å². The third-order valence-corrected chi connectivity index (χ3v) is 3.40. The van der Waals surface area contributed by atoms with Gasteiger partial charge < -0.3 is 20.0 Å². The fourth-order valence-corrected chi connectivity index (χ4v) is 1.58. The molecular weight excluding hydrogens is 228 g/mol. The highest BCUT2D eigenvalue weighted by Crippen LogP contribution is 2.04. The average Bonchev–Trinajstić information content (AvgIpc) is 2.25. The van der Waals surface area contributed by atoms with Crippen molar-refractivity contribution in [3.63, 3.8) is 0 Å². The highest BCUT2D eigenvalue weighted by Gasteiger charge is 2.14. The number of nitrogens with zero attached hydrogens (tertiary/aromatic N) is 2. The van der Waals surface area contributed by atoms with Crippen LogP contribution in [0.2, 0.25) is 0 Å². The molecule has 18 heavy (non-hydrogen) atoms. The zero-order chi connectivity index (χ0) is 14.3. The van der Waals surface area contributed by atoms with E-state index in [1.54, 1.807) is 0 Å². The predicted octanol–water partition coefficient (Wildman–Crippen LogP) is 0.884. The second-order valence-corrected chi connectivity index (χ2v) is 6.15. The summed E-state index contributed by atoms with van der Waals surface area (Å²) >= 11 is 0. The van der Waals surface area contributed by atoms with Crippen LogP contribution in [0, 0.1) is 11.8 Å². The Kier molecular flexibility index (Phi) is 8.78. The van der Waals surface area contributed by atoms with Gasteiger partial charge in [-0.25, -0.2) is 0 Å². The van der Waals surface area contributed by atoms with Crippen molar-refractivity contribution >= 4 is 0 Å². The van der Waals surface area contributed by atoms with Gasteiger partial charge in [-0.2, -0.15) is 0 Å². The summed E-state index contributed by atoms with van der Waals surface area (Å²) in [6.07, 6.45) is -0.525. The van der Waals surface area contributed by atoms with Gasteiger partial charge in [0.2, 0.25) is 0 Å². The lowest BCUT2D eigenvalue weighted by atomic mass is 10.1. The van der Waals surface area contributed by atoms with Crippen molar-refractivity contribution in [3.8, 4) is 0 Å². The minimum Gasteiger partial charge on any atom is -0.392 e. The first-order chi connectivity index (χ1) is 8.23. The Morgan fingerprint density at radius 3 is 1.22 bits per heavy atom. The SMILES string of the molecule is CC(C)C(O)CN(C)CCN(C)CC(O)C(C)C. The summed E-state index contributed by atoms with van der Waals surface area (Å²) in [5, 5.41) is 19.6. The smallest absolute Gasteiger partial charge is 0.0689 e. The van der Waals surface area contributed by atoms with E-state index in [1.165, 1.54) is 0 Å². The second kappa shape index (κ2) is 8.86. The van der Waals surface area contributed by atoms with Crippen molar-refractivity contribution in [2.75, 3.05) is 40.3 Å². The summed E-state index contributed by atoms with van der Waals surface area (Å²) in [7, 11) is 4.05. The summed E-state index contributed by atoms with van der Waals surface area (Å²) in [4.78, 5) is 4.28. The van der Waals surface area contributed by atoms with Crippen LogP contribution in [0.15, 0.2) is 0 Å². The highest BCUT2D eigenvalue weighted by atomic mass is 16.3. The van der Waals surface area contributed by atoms with Gasteiger partial charge in [0.05, 0.1) is 12.2 Å². The Morgan fingerprint density at radius 2 is 1.00 bits per heavy atom. The van der Waals surface area contributed by atoms with Gasteiger partial charge in [-0.15, -0.1) is 0 Å². The van der Waals surface area contributed by atoms with Crippen molar-refractivity contribution in [3.05, 3.63) is 0 Å². The maximum absolute atomic E-state index is 9.79. The van der Waals surface area contributed by atoms with Gasteiger partial charge in [0.15, 0.2) is 0 Å². The Bertz CT molecular complexity index is 188. The molecule has 0 bridgehead atoms. The van der Waals surface area contributed by atoms with Crippen LogP contribution in [0.1, 0.15) is 27.7 Å². The van der Waals surface area contributed by atoms with Gasteiger partial charge in [-0.3, -0.25) is 0 Å². The maximum atomic E-state index is 9.79. The van der Waals surface area contributed by atoms with Crippen LogP contribution in [0.3, 0.4) is 0 Å². The van der Waals surface area contributed by atoms with E-state index in [1.807, 2.05) is 41.8 Å². The Hall–Kier alpha value is -0.160. The van der Waals surface area contributed by atoms with Crippen LogP contribution in [0.4, 0.5) is 0 Å². The maximum Gasteiger partial charge on any atom is 0.0689 e. The number of hydrogen-bond acceptors (Lipinski definition) is 4. The van der Waals surface area contributed by atoms with Crippen molar-refractivity contribution < 1.29 is 10.2 Å². The molecule has 2 N–H and O–H groups in total. The number of likely N-dealkylation sites (N-methyl/N-ethyl adjacent to an activating group) is 2. The normalized spacial score (nSPS) is 16.0. The number of aliphatic hydroxyl groups is 2. The fraction of sp³-hybridized carbons (Fsp3) is 1.00. The van der Waals surface area contributed by atoms with Crippen LogP contribution in [0.5, 0.6) is 0 Å². The molecule has 0 heterocycles. The molecule has 0 saturated heterocycles. The van der Waals surface area contributed by atoms with Gasteiger partial charge in [0, 0.05) is 26.2 Å². The molecule has 4 heteroatoms. The summed E-state index contributed by atoms with van der Waals surface area (Å²) < 4.78 is 0. The number of rotatable bonds is 9. The Morgan fingerprint density at radius 1 is 0.722 bits per heavy atom. The molecule has 2 atom stereocenters. The highest BCUT2D eigenvalue weighted by molar-refractivity contribution is 4.68. The van der Waals surface area contributed by atoms with Crippen molar-refractivity contribution in [1.82, 2.24) is 9.80 Å². The topological polar surface area (TPSA) is 46.9 Å². The molecular formula is C14H32N2O2. The van der Waals surface area contributed by atoms with Crippen molar-refractivity contribution in [2.24, 2.45) is 11.8 Å². The lowest BCUT2D eigenvalue weighted by Gasteiger charge is -2.27. The monoisotopic (exact) mass is 260 g/mol. The summed E-state index contributed by atoms with van der Waals surface area (Å²) in [6.45, 7) is 11.4. The quantitative estimate of drug-likeness (QED) is 0.646. The third-order valence-electron chi connectivity index (χ3n) is 3.40. The van der Waals surface area contributed by atoms with Crippen molar-refractivity contribution in [2.45, 2.75) is 39.9 Å². The molecule has 0 fully saturated rings. The minimum atomic E-state index is -0.262. The molecule has 4 nitrogen and oxygen atoms in total. The van der Waals surface area contributed by atoms with Gasteiger partial charge in [-0.1, -0.05) is 27.7 Å². The summed E-state index contributed by atoms with van der Waals surface area (Å²) in [6, 6.07) is 0. The fourth-order valence-electron chi connectivity index (χ4n) is 1.58. The Labute approximate surface area is 113 Å². The Balaban J connectivity index is 3.81. The van der Waals surface area contributed by atoms with E-state index in [4.69, 9.17) is 0 Å². The predicted molar refractivity (Wildman–Crippen MR) is 76.7 cm³/mol. The van der Waals surface area contributed by atoms with E-state index in [0.717, 1.165) is 13.1 Å². The lowest BCUT2D eigenvalue weighted by Crippen LogP contribution is -2.39. The molecule has 0 saturated carbocycles. The molecule has 0 amide bonds. The van der Waals surface area contributed by atoms with Crippen LogP contribution < -0.4 is 0 Å². The van der Waals surface area contributed by atoms with E-state index < -0.39 is 0 Å². The molecule has 0 spiro atoms. The van der Waals surface area contributed by atoms with E-state index in [-0.39, 0.29) is 12.2 Å². The molecule has 0 radical (unpaired) electrons. The number of aliphatic hydroxyl groups excluding tert-OH is 2. The van der Waals surface area contributed by atoms with Gasteiger partial charge >= 0.3 is 0 Å². The van der Waals surface area contributed by atoms with E-state index >= 15 is 0 Å². The number of hydrogen-bond donors (Lipinski definition) is 2. The largest absolute Gasteiger partial charge is 0.392 e. The van der Waals surface area contributed by atoms with Crippen molar-refractivity contribution in [1.29, 1.82) is 0 Å². The first-order valence-electron chi connectivity index (χ1n) is 6.97. The van der Waals surface area contributed by atoms with E-state index in [9.17, 15) is 10.2 Å². The van der Waals surface area contributed by atoms with Gasteiger partial charge in [-0.05, 0) is 25.9 Å². The molecule has 0 aliphatic rings. The minimum absolute atomic E-state index is 0.262. The summed E-state index contributed by atoms with van der Waals surface area (Å²) in [5.74, 6) is 0.598. The lowest BCUT2D eigenvalue weighted by molar-refractivity contribution is 0.0686. The molecule has 2 unspecified atom stereocenters. The van der Waals surface area contributed by atoms with Crippen LogP contribution >= 0.6 is 0 Å². The van der Waals surface area contributed by atoms with Crippen LogP contribution in [0.25, 0.3) is 0 Å². The van der Waals surface area contributed by atoms with E-state index in [0.29, 0.717) is 24.9 Å². The average molecular weight is 260 g/mol. The molecule has 0 rings (SSSR count). The van der Waals surface area contributed by atoms with Gasteiger partial charge in [0.1, 0.15) is 0 Å². The standard InChI is InChI=1S/C14H32N2O2/c1-11(2)13(17)9-15(5)7-8-16(6)10-14(18)12(3)4/h11-14,17-18H,7-10H2,1-6H3. The third kappa shape index (κ3) is 8.03. The first kappa shape index (κ1) is 17.8. The van der Waals surface area contributed by atoms with E-state index in [2.05, 4.69) is 9.80 Å². The zero-order valence-corrected chi connectivity index (χ0v) is 12.9. The molecule has 0 aliphatic heterocycles. The van der Waals surface area contributed by atoms with Gasteiger partial charge in [0.25, 0.3) is 0 Å². The summed E-state index contributed by atoms with van der Waals surface area (Å²) in [5.41, 5.74) is 0. The molecule has 0 aromatic rings. The molecule has 110 valence electrons. The second-order valence-electron chi connectivity index (χ2n) is 6.15.